The van der Waals surface area contributed by atoms with Gasteiger partial charge in [0, 0.05) is 10.2 Å². The minimum Gasteiger partial charge on any atom is -0.456 e. The largest absolute Gasteiger partial charge is 0.456 e. The Morgan fingerprint density at radius 3 is 2.50 bits per heavy atom. The first-order valence-corrected chi connectivity index (χ1v) is 6.22. The van der Waals surface area contributed by atoms with E-state index >= 15 is 0 Å². The van der Waals surface area contributed by atoms with Gasteiger partial charge in [0.05, 0.1) is 4.47 Å². The third-order valence-electron chi connectivity index (χ3n) is 1.98. The zero-order valence-corrected chi connectivity index (χ0v) is 11.5. The van der Waals surface area contributed by atoms with E-state index in [1.54, 1.807) is 6.07 Å². The topological polar surface area (TPSA) is 35.2 Å². The van der Waals surface area contributed by atoms with E-state index in [0.29, 0.717) is 5.69 Å². The molecule has 0 unspecified atom stereocenters. The number of anilines is 1. The minimum absolute atomic E-state index is 0.702. The highest BCUT2D eigenvalue weighted by molar-refractivity contribution is 9.10. The second-order valence-corrected chi connectivity index (χ2v) is 5.02. The smallest absolute Gasteiger partial charge is 0.141 e. The molecular formula is C12H9Br2NO. The summed E-state index contributed by atoms with van der Waals surface area (Å²) in [7, 11) is 0. The van der Waals surface area contributed by atoms with Crippen molar-refractivity contribution >= 4 is 37.5 Å². The van der Waals surface area contributed by atoms with Crippen molar-refractivity contribution in [1.29, 1.82) is 0 Å². The SMILES string of the molecule is Nc1ccc(Oc2cccc(Br)c2)c(Br)c1. The van der Waals surface area contributed by atoms with E-state index in [1.165, 1.54) is 0 Å². The Balaban J connectivity index is 2.27. The van der Waals surface area contributed by atoms with Crippen molar-refractivity contribution < 1.29 is 4.74 Å². The molecule has 0 aromatic heterocycles. The van der Waals surface area contributed by atoms with Gasteiger partial charge in [0.15, 0.2) is 0 Å². The van der Waals surface area contributed by atoms with Gasteiger partial charge in [-0.15, -0.1) is 0 Å². The van der Waals surface area contributed by atoms with Crippen molar-refractivity contribution in [2.45, 2.75) is 0 Å². The highest BCUT2D eigenvalue weighted by Crippen LogP contribution is 2.31. The van der Waals surface area contributed by atoms with Crippen molar-refractivity contribution in [2.24, 2.45) is 0 Å². The molecule has 0 atom stereocenters. The third kappa shape index (κ3) is 2.77. The molecule has 2 rings (SSSR count). The molecule has 0 heterocycles. The Bertz CT molecular complexity index is 514. The predicted molar refractivity (Wildman–Crippen MR) is 72.8 cm³/mol. The zero-order valence-electron chi connectivity index (χ0n) is 8.28. The van der Waals surface area contributed by atoms with Gasteiger partial charge < -0.3 is 10.5 Å². The van der Waals surface area contributed by atoms with Gasteiger partial charge in [0.1, 0.15) is 11.5 Å². The summed E-state index contributed by atoms with van der Waals surface area (Å²) in [4.78, 5) is 0. The molecule has 0 radical (unpaired) electrons. The van der Waals surface area contributed by atoms with E-state index in [4.69, 9.17) is 10.5 Å². The van der Waals surface area contributed by atoms with E-state index in [-0.39, 0.29) is 0 Å². The van der Waals surface area contributed by atoms with E-state index in [0.717, 1.165) is 20.4 Å². The molecule has 2 N–H and O–H groups in total. The summed E-state index contributed by atoms with van der Waals surface area (Å²) in [6.07, 6.45) is 0. The number of benzene rings is 2. The normalized spacial score (nSPS) is 10.1. The lowest BCUT2D eigenvalue weighted by Crippen LogP contribution is -1.88. The fourth-order valence-corrected chi connectivity index (χ4v) is 2.11. The average Bonchev–Trinajstić information content (AvgIpc) is 2.22. The Morgan fingerprint density at radius 1 is 1.00 bits per heavy atom. The van der Waals surface area contributed by atoms with Gasteiger partial charge in [0.2, 0.25) is 0 Å². The lowest BCUT2D eigenvalue weighted by Gasteiger charge is -2.08. The second-order valence-electron chi connectivity index (χ2n) is 3.25. The molecule has 82 valence electrons. The van der Waals surface area contributed by atoms with Crippen molar-refractivity contribution in [2.75, 3.05) is 5.73 Å². The first-order valence-electron chi connectivity index (χ1n) is 4.63. The van der Waals surface area contributed by atoms with Crippen molar-refractivity contribution in [3.63, 3.8) is 0 Å². The number of halogens is 2. The van der Waals surface area contributed by atoms with Crippen LogP contribution in [0.3, 0.4) is 0 Å². The summed E-state index contributed by atoms with van der Waals surface area (Å²) in [5.74, 6) is 1.52. The van der Waals surface area contributed by atoms with Gasteiger partial charge in [-0.05, 0) is 52.3 Å². The van der Waals surface area contributed by atoms with Crippen LogP contribution >= 0.6 is 31.9 Å². The summed E-state index contributed by atoms with van der Waals surface area (Å²) in [6, 6.07) is 13.1. The summed E-state index contributed by atoms with van der Waals surface area (Å²) in [6.45, 7) is 0. The first-order chi connectivity index (χ1) is 7.65. The molecule has 16 heavy (non-hydrogen) atoms. The zero-order chi connectivity index (χ0) is 11.5. The Hall–Kier alpha value is -1.000. The van der Waals surface area contributed by atoms with Crippen LogP contribution in [0.15, 0.2) is 51.4 Å². The molecule has 0 amide bonds. The van der Waals surface area contributed by atoms with Crippen molar-refractivity contribution in [3.05, 3.63) is 51.4 Å². The van der Waals surface area contributed by atoms with Gasteiger partial charge in [-0.2, -0.15) is 0 Å². The Labute approximate surface area is 111 Å². The van der Waals surface area contributed by atoms with Gasteiger partial charge in [0.25, 0.3) is 0 Å². The number of ether oxygens (including phenoxy) is 1. The molecule has 0 bridgehead atoms. The average molecular weight is 343 g/mol. The highest BCUT2D eigenvalue weighted by Gasteiger charge is 2.03. The van der Waals surface area contributed by atoms with Gasteiger partial charge in [-0.3, -0.25) is 0 Å². The predicted octanol–water partition coefficient (Wildman–Crippen LogP) is 4.59. The molecule has 0 saturated heterocycles. The second kappa shape index (κ2) is 4.89. The molecule has 0 saturated carbocycles. The van der Waals surface area contributed by atoms with E-state index in [9.17, 15) is 0 Å². The molecule has 4 heteroatoms. The summed E-state index contributed by atoms with van der Waals surface area (Å²) >= 11 is 6.80. The minimum atomic E-state index is 0.702. The lowest BCUT2D eigenvalue weighted by molar-refractivity contribution is 0.479. The van der Waals surface area contributed by atoms with Crippen LogP contribution in [0.2, 0.25) is 0 Å². The van der Waals surface area contributed by atoms with Crippen molar-refractivity contribution in [3.8, 4) is 11.5 Å². The van der Waals surface area contributed by atoms with Crippen LogP contribution in [0.5, 0.6) is 11.5 Å². The first kappa shape index (κ1) is 11.5. The number of nitrogen functional groups attached to an aromatic ring is 1. The molecule has 0 spiro atoms. The highest BCUT2D eigenvalue weighted by atomic mass is 79.9. The molecule has 0 aliphatic rings. The molecule has 0 aliphatic heterocycles. The number of rotatable bonds is 2. The van der Waals surface area contributed by atoms with E-state index in [1.807, 2.05) is 36.4 Å². The number of hydrogen-bond acceptors (Lipinski definition) is 2. The van der Waals surface area contributed by atoms with Gasteiger partial charge in [-0.25, -0.2) is 0 Å². The van der Waals surface area contributed by atoms with Crippen LogP contribution < -0.4 is 10.5 Å². The van der Waals surface area contributed by atoms with Crippen LogP contribution in [0.4, 0.5) is 5.69 Å². The Kier molecular flexibility index (Phi) is 3.51. The quantitative estimate of drug-likeness (QED) is 0.810. The fraction of sp³-hybridized carbons (Fsp3) is 0. The van der Waals surface area contributed by atoms with Crippen LogP contribution in [-0.2, 0) is 0 Å². The van der Waals surface area contributed by atoms with Crippen molar-refractivity contribution in [1.82, 2.24) is 0 Å². The van der Waals surface area contributed by atoms with Gasteiger partial charge >= 0.3 is 0 Å². The molecule has 2 aromatic carbocycles. The maximum absolute atomic E-state index is 5.71. The van der Waals surface area contributed by atoms with Crippen LogP contribution in [0.1, 0.15) is 0 Å². The molecule has 0 aliphatic carbocycles. The number of hydrogen-bond donors (Lipinski definition) is 1. The van der Waals surface area contributed by atoms with Crippen LogP contribution in [0.25, 0.3) is 0 Å². The Morgan fingerprint density at radius 2 is 1.81 bits per heavy atom. The summed E-state index contributed by atoms with van der Waals surface area (Å²) in [5.41, 5.74) is 6.35. The standard InChI is InChI=1S/C12H9Br2NO/c13-8-2-1-3-10(6-8)16-12-5-4-9(15)7-11(12)14/h1-7H,15H2. The third-order valence-corrected chi connectivity index (χ3v) is 3.09. The number of nitrogens with two attached hydrogens (primary N) is 1. The monoisotopic (exact) mass is 341 g/mol. The molecule has 2 nitrogen and oxygen atoms in total. The maximum atomic E-state index is 5.71. The fourth-order valence-electron chi connectivity index (χ4n) is 1.26. The molecular weight excluding hydrogens is 334 g/mol. The van der Waals surface area contributed by atoms with E-state index < -0.39 is 0 Å². The van der Waals surface area contributed by atoms with Crippen LogP contribution in [-0.4, -0.2) is 0 Å². The van der Waals surface area contributed by atoms with Gasteiger partial charge in [-0.1, -0.05) is 22.0 Å². The lowest BCUT2D eigenvalue weighted by atomic mass is 10.3. The van der Waals surface area contributed by atoms with E-state index in [2.05, 4.69) is 31.9 Å². The molecule has 2 aromatic rings. The summed E-state index contributed by atoms with van der Waals surface area (Å²) in [5, 5.41) is 0. The molecule has 0 fully saturated rings. The summed E-state index contributed by atoms with van der Waals surface area (Å²) < 4.78 is 7.54. The van der Waals surface area contributed by atoms with Crippen LogP contribution in [0, 0.1) is 0 Å². The maximum Gasteiger partial charge on any atom is 0.141 e.